The van der Waals surface area contributed by atoms with E-state index in [0.29, 0.717) is 48.2 Å². The first kappa shape index (κ1) is 32.0. The van der Waals surface area contributed by atoms with Crippen molar-refractivity contribution in [3.8, 4) is 0 Å². The monoisotopic (exact) mass is 674 g/mol. The molecule has 2 amide bonds. The minimum absolute atomic E-state index is 0.00555. The predicted molar refractivity (Wildman–Crippen MR) is 171 cm³/mol. The second-order valence-electron chi connectivity index (χ2n) is 11.4. The van der Waals surface area contributed by atoms with Gasteiger partial charge in [-0.15, -0.1) is 0 Å². The molecule has 2 aromatic carbocycles. The molecule has 236 valence electrons. The highest BCUT2D eigenvalue weighted by Crippen LogP contribution is 2.45. The molecule has 4 heterocycles. The number of nitrogens with one attached hydrogen (secondary N) is 2. The molecule has 0 saturated carbocycles. The van der Waals surface area contributed by atoms with Gasteiger partial charge >= 0.3 is 6.18 Å². The van der Waals surface area contributed by atoms with Crippen LogP contribution in [-0.4, -0.2) is 67.5 Å². The fourth-order valence-corrected chi connectivity index (χ4v) is 6.58. The summed E-state index contributed by atoms with van der Waals surface area (Å²) >= 11 is 3.46. The summed E-state index contributed by atoms with van der Waals surface area (Å²) in [5.41, 5.74) is 1.29. The van der Waals surface area contributed by atoms with E-state index in [1.54, 1.807) is 15.9 Å². The van der Waals surface area contributed by atoms with Crippen molar-refractivity contribution in [3.05, 3.63) is 52.6 Å². The number of anilines is 4. The van der Waals surface area contributed by atoms with Gasteiger partial charge < -0.3 is 25.3 Å². The molecule has 2 N–H and O–H groups in total. The third kappa shape index (κ3) is 6.81. The molecule has 1 aromatic heterocycles. The van der Waals surface area contributed by atoms with Crippen molar-refractivity contribution in [1.29, 1.82) is 0 Å². The van der Waals surface area contributed by atoms with E-state index in [2.05, 4.69) is 43.5 Å². The molecule has 0 aliphatic carbocycles. The lowest BCUT2D eigenvalue weighted by Crippen LogP contribution is -2.47. The zero-order chi connectivity index (χ0) is 31.6. The molecule has 0 spiro atoms. The number of aromatic nitrogens is 1. The molecule has 3 aliphatic rings. The van der Waals surface area contributed by atoms with Gasteiger partial charge in [-0.25, -0.2) is 0 Å². The van der Waals surface area contributed by atoms with Crippen molar-refractivity contribution in [2.24, 2.45) is 5.92 Å². The maximum atomic E-state index is 14.5. The molecule has 44 heavy (non-hydrogen) atoms. The number of benzene rings is 2. The van der Waals surface area contributed by atoms with Gasteiger partial charge in [-0.1, -0.05) is 29.8 Å². The molecule has 0 bridgehead atoms. The summed E-state index contributed by atoms with van der Waals surface area (Å²) in [5, 5.41) is 6.67. The summed E-state index contributed by atoms with van der Waals surface area (Å²) in [6, 6.07) is 9.91. The number of piperidine rings is 2. The third-order valence-electron chi connectivity index (χ3n) is 8.52. The number of hydrogen-bond acceptors (Lipinski definition) is 6. The van der Waals surface area contributed by atoms with Crippen molar-refractivity contribution in [2.75, 3.05) is 54.9 Å². The van der Waals surface area contributed by atoms with E-state index < -0.39 is 11.7 Å². The Kier molecular flexibility index (Phi) is 9.69. The van der Waals surface area contributed by atoms with E-state index in [1.165, 1.54) is 12.3 Å². The molecule has 3 aromatic rings. The number of hydrogen-bond donors (Lipinski definition) is 2. The molecule has 0 unspecified atom stereocenters. The zero-order valence-corrected chi connectivity index (χ0v) is 26.8. The lowest BCUT2D eigenvalue weighted by molar-refractivity contribution is -0.137. The van der Waals surface area contributed by atoms with E-state index in [9.17, 15) is 22.8 Å². The van der Waals surface area contributed by atoms with Crippen LogP contribution >= 0.6 is 15.9 Å². The van der Waals surface area contributed by atoms with Gasteiger partial charge in [0.15, 0.2) is 0 Å². The summed E-state index contributed by atoms with van der Waals surface area (Å²) in [7, 11) is 2.07. The molecule has 0 atom stereocenters. The lowest BCUT2D eigenvalue weighted by Gasteiger charge is -2.37. The number of likely N-dealkylation sites (tertiary alicyclic amines) is 1. The highest BCUT2D eigenvalue weighted by Gasteiger charge is 2.38. The van der Waals surface area contributed by atoms with Gasteiger partial charge in [-0.2, -0.15) is 13.2 Å². The fourth-order valence-electron chi connectivity index (χ4n) is 6.22. The Labute approximate surface area is 264 Å². The standard InChI is InChI=1S/C30H32BrF3N6O2.C2H6/c1-38-10-8-20(9-11-38)36-29(42)18-6-12-39(13-7-18)26-5-3-21(15-23(26)30(32,33)34)40-17-27(41)37-25-16-35-24-4-2-19(31)14-22(24)28(25)40;1-2/h2-5,14-16,18,20H,6-13,17H2,1H3,(H,36,42)(H,37,41);1-2H3. The number of rotatable bonds is 4. The van der Waals surface area contributed by atoms with Gasteiger partial charge in [0.1, 0.15) is 6.54 Å². The zero-order valence-electron chi connectivity index (χ0n) is 25.2. The normalized spacial score (nSPS) is 18.4. The fraction of sp³-hybridized carbons (Fsp3) is 0.469. The summed E-state index contributed by atoms with van der Waals surface area (Å²) in [6.45, 7) is 6.46. The minimum Gasteiger partial charge on any atom is -0.371 e. The van der Waals surface area contributed by atoms with Crippen molar-refractivity contribution < 1.29 is 22.8 Å². The largest absolute Gasteiger partial charge is 0.418 e. The van der Waals surface area contributed by atoms with E-state index in [-0.39, 0.29) is 41.7 Å². The Morgan fingerprint density at radius 2 is 1.73 bits per heavy atom. The van der Waals surface area contributed by atoms with Crippen LogP contribution in [-0.2, 0) is 15.8 Å². The van der Waals surface area contributed by atoms with E-state index in [1.807, 2.05) is 32.0 Å². The maximum absolute atomic E-state index is 14.5. The van der Waals surface area contributed by atoms with Crippen LogP contribution in [0.1, 0.15) is 45.1 Å². The van der Waals surface area contributed by atoms with Crippen molar-refractivity contribution in [2.45, 2.75) is 51.7 Å². The first-order valence-corrected chi connectivity index (χ1v) is 16.0. The number of fused-ring (bicyclic) bond motifs is 3. The number of halogens is 4. The van der Waals surface area contributed by atoms with Gasteiger partial charge in [0, 0.05) is 46.3 Å². The molecule has 8 nitrogen and oxygen atoms in total. The first-order chi connectivity index (χ1) is 21.1. The number of amides is 2. The highest BCUT2D eigenvalue weighted by molar-refractivity contribution is 9.10. The Morgan fingerprint density at radius 3 is 2.41 bits per heavy atom. The van der Waals surface area contributed by atoms with Crippen molar-refractivity contribution in [1.82, 2.24) is 15.2 Å². The molecule has 2 fully saturated rings. The molecule has 3 aliphatic heterocycles. The summed E-state index contributed by atoms with van der Waals surface area (Å²) < 4.78 is 44.3. The minimum atomic E-state index is -4.61. The van der Waals surface area contributed by atoms with Crippen molar-refractivity contribution in [3.63, 3.8) is 0 Å². The van der Waals surface area contributed by atoms with Gasteiger partial charge in [0.05, 0.1) is 28.7 Å². The second kappa shape index (κ2) is 13.3. The van der Waals surface area contributed by atoms with Crippen LogP contribution in [0, 0.1) is 5.92 Å². The number of carbonyl (C=O) groups excluding carboxylic acids is 2. The number of carbonyl (C=O) groups is 2. The highest BCUT2D eigenvalue weighted by atomic mass is 79.9. The van der Waals surface area contributed by atoms with E-state index >= 15 is 0 Å². The van der Waals surface area contributed by atoms with Gasteiger partial charge in [0.2, 0.25) is 11.8 Å². The number of alkyl halides is 3. The van der Waals surface area contributed by atoms with Gasteiger partial charge in [0.25, 0.3) is 0 Å². The van der Waals surface area contributed by atoms with Crippen LogP contribution in [0.5, 0.6) is 0 Å². The van der Waals surface area contributed by atoms with Crippen LogP contribution < -0.4 is 20.4 Å². The summed E-state index contributed by atoms with van der Waals surface area (Å²) in [6.07, 6.45) is -0.278. The number of pyridine rings is 1. The predicted octanol–water partition coefficient (Wildman–Crippen LogP) is 6.56. The second-order valence-corrected chi connectivity index (χ2v) is 12.3. The molecular formula is C32H38BrF3N6O2. The Hall–Kier alpha value is -3.38. The van der Waals surface area contributed by atoms with Crippen LogP contribution in [0.3, 0.4) is 0 Å². The smallest absolute Gasteiger partial charge is 0.371 e. The van der Waals surface area contributed by atoms with Crippen LogP contribution in [0.15, 0.2) is 47.1 Å². The van der Waals surface area contributed by atoms with Crippen molar-refractivity contribution >= 4 is 61.4 Å². The molecule has 6 rings (SSSR count). The lowest BCUT2D eigenvalue weighted by atomic mass is 9.93. The molecular weight excluding hydrogens is 637 g/mol. The topological polar surface area (TPSA) is 80.8 Å². The SMILES string of the molecule is CC.CN1CCC(NC(=O)C2CCN(c3ccc(N4CC(=O)Nc5cnc6ccc(Br)cc6c54)cc3C(F)(F)F)CC2)CC1. The summed E-state index contributed by atoms with van der Waals surface area (Å²) in [4.78, 5) is 35.5. The van der Waals surface area contributed by atoms with Crippen LogP contribution in [0.4, 0.5) is 35.9 Å². The van der Waals surface area contributed by atoms with E-state index in [4.69, 9.17) is 0 Å². The Balaban J connectivity index is 0.00000188. The van der Waals surface area contributed by atoms with Crippen LogP contribution in [0.2, 0.25) is 0 Å². The third-order valence-corrected chi connectivity index (χ3v) is 9.01. The summed E-state index contributed by atoms with van der Waals surface area (Å²) in [5.74, 6) is -0.540. The van der Waals surface area contributed by atoms with Gasteiger partial charge in [-0.05, 0) is 82.2 Å². The average Bonchev–Trinajstić information content (AvgIpc) is 3.02. The quantitative estimate of drug-likeness (QED) is 0.326. The Bertz CT molecular complexity index is 1520. The molecule has 12 heteroatoms. The van der Waals surface area contributed by atoms with Gasteiger partial charge in [-0.3, -0.25) is 14.6 Å². The van der Waals surface area contributed by atoms with E-state index in [0.717, 1.165) is 36.5 Å². The first-order valence-electron chi connectivity index (χ1n) is 15.2. The molecule has 0 radical (unpaired) electrons. The van der Waals surface area contributed by atoms with Crippen LogP contribution in [0.25, 0.3) is 10.9 Å². The average molecular weight is 676 g/mol. The maximum Gasteiger partial charge on any atom is 0.418 e. The molecule has 2 saturated heterocycles. The number of nitrogens with zero attached hydrogens (tertiary/aromatic N) is 4. The Morgan fingerprint density at radius 1 is 1.02 bits per heavy atom.